The summed E-state index contributed by atoms with van der Waals surface area (Å²) >= 11 is 1.73. The number of hydrogen-bond donors (Lipinski definition) is 0. The first-order valence-corrected chi connectivity index (χ1v) is 15.7. The molecule has 0 bridgehead atoms. The highest BCUT2D eigenvalue weighted by Gasteiger charge is 2.08. The maximum absolute atomic E-state index is 9.05. The van der Waals surface area contributed by atoms with E-state index in [0.29, 0.717) is 5.56 Å². The second-order valence-electron chi connectivity index (χ2n) is 11.2. The van der Waals surface area contributed by atoms with Gasteiger partial charge < -0.3 is 0 Å². The van der Waals surface area contributed by atoms with Crippen LogP contribution in [-0.4, -0.2) is 4.98 Å². The van der Waals surface area contributed by atoms with Crippen molar-refractivity contribution in [2.75, 3.05) is 0 Å². The van der Waals surface area contributed by atoms with Crippen molar-refractivity contribution in [3.63, 3.8) is 0 Å². The van der Waals surface area contributed by atoms with Crippen LogP contribution < -0.4 is 0 Å². The molecule has 210 valence electrons. The maximum atomic E-state index is 9.05. The number of nitrogens with zero attached hydrogens (tertiary/aromatic N) is 2. The monoisotopic (exact) mass is 590 g/mol. The van der Waals surface area contributed by atoms with Gasteiger partial charge in [-0.3, -0.25) is 0 Å². The van der Waals surface area contributed by atoms with Crippen molar-refractivity contribution in [3.8, 4) is 61.1 Å². The SMILES string of the molecule is N#Cc1ccc(-c2ccc(-c3ccc(-c4ccc5cc(-c6ccc(-c7nc8ccccc8s7)cc6)ccc5c4)cc3)cc2)cc1. The molecule has 0 spiro atoms. The number of aromatic nitrogens is 1. The molecule has 1 aromatic heterocycles. The molecule has 7 aromatic carbocycles. The Bertz CT molecular complexity index is 2310. The fraction of sp³-hybridized carbons (Fsp3) is 0. The topological polar surface area (TPSA) is 36.7 Å². The zero-order valence-electron chi connectivity index (χ0n) is 24.3. The third-order valence-corrected chi connectivity index (χ3v) is 9.47. The second kappa shape index (κ2) is 11.4. The molecule has 0 N–H and O–H groups in total. The Morgan fingerprint density at radius 1 is 0.422 bits per heavy atom. The molecule has 0 saturated heterocycles. The second-order valence-corrected chi connectivity index (χ2v) is 12.2. The maximum Gasteiger partial charge on any atom is 0.124 e. The van der Waals surface area contributed by atoms with Crippen LogP contribution in [-0.2, 0) is 0 Å². The van der Waals surface area contributed by atoms with Crippen LogP contribution in [0, 0.1) is 11.3 Å². The number of hydrogen-bond acceptors (Lipinski definition) is 3. The predicted molar refractivity (Wildman–Crippen MR) is 189 cm³/mol. The Labute approximate surface area is 266 Å². The Balaban J connectivity index is 0.994. The van der Waals surface area contributed by atoms with Crippen molar-refractivity contribution in [2.45, 2.75) is 0 Å². The van der Waals surface area contributed by atoms with Crippen molar-refractivity contribution < 1.29 is 0 Å². The highest BCUT2D eigenvalue weighted by atomic mass is 32.1. The fourth-order valence-corrected chi connectivity index (χ4v) is 6.82. The number of thiazole rings is 1. The number of para-hydroxylation sites is 1. The van der Waals surface area contributed by atoms with Gasteiger partial charge in [-0.2, -0.15) is 5.26 Å². The van der Waals surface area contributed by atoms with Crippen molar-refractivity contribution in [3.05, 3.63) is 163 Å². The summed E-state index contributed by atoms with van der Waals surface area (Å²) in [6.07, 6.45) is 0. The van der Waals surface area contributed by atoms with Crippen LogP contribution in [0.15, 0.2) is 158 Å². The molecule has 8 aromatic rings. The van der Waals surface area contributed by atoms with Crippen LogP contribution in [0.1, 0.15) is 5.56 Å². The van der Waals surface area contributed by atoms with E-state index >= 15 is 0 Å². The van der Waals surface area contributed by atoms with Gasteiger partial charge in [-0.05, 0) is 91.7 Å². The molecule has 3 heteroatoms. The molecule has 0 saturated carbocycles. The normalized spacial score (nSPS) is 11.1. The zero-order chi connectivity index (χ0) is 30.2. The van der Waals surface area contributed by atoms with E-state index in [4.69, 9.17) is 10.2 Å². The van der Waals surface area contributed by atoms with E-state index in [1.807, 2.05) is 30.3 Å². The average Bonchev–Trinajstić information content (AvgIpc) is 3.56. The van der Waals surface area contributed by atoms with Crippen LogP contribution in [0.4, 0.5) is 0 Å². The Morgan fingerprint density at radius 2 is 0.822 bits per heavy atom. The van der Waals surface area contributed by atoms with Gasteiger partial charge in [-0.15, -0.1) is 11.3 Å². The van der Waals surface area contributed by atoms with Crippen LogP contribution in [0.3, 0.4) is 0 Å². The summed E-state index contributed by atoms with van der Waals surface area (Å²) in [5.74, 6) is 0. The summed E-state index contributed by atoms with van der Waals surface area (Å²) in [4.78, 5) is 4.81. The lowest BCUT2D eigenvalue weighted by Gasteiger charge is -2.09. The fourth-order valence-electron chi connectivity index (χ4n) is 5.85. The quantitative estimate of drug-likeness (QED) is 0.200. The van der Waals surface area contributed by atoms with Gasteiger partial charge in [-0.1, -0.05) is 121 Å². The molecule has 8 rings (SSSR count). The number of nitriles is 1. The number of rotatable bonds is 5. The van der Waals surface area contributed by atoms with Gasteiger partial charge in [0.1, 0.15) is 5.01 Å². The van der Waals surface area contributed by atoms with Crippen molar-refractivity contribution in [2.24, 2.45) is 0 Å². The highest BCUT2D eigenvalue weighted by molar-refractivity contribution is 7.21. The predicted octanol–water partition coefficient (Wildman–Crippen LogP) is 11.7. The van der Waals surface area contributed by atoms with E-state index in [-0.39, 0.29) is 0 Å². The molecule has 0 unspecified atom stereocenters. The Kier molecular flexibility index (Phi) is 6.76. The molecule has 0 aliphatic heterocycles. The highest BCUT2D eigenvalue weighted by Crippen LogP contribution is 2.34. The first-order valence-electron chi connectivity index (χ1n) is 14.9. The van der Waals surface area contributed by atoms with Crippen molar-refractivity contribution >= 4 is 32.3 Å². The van der Waals surface area contributed by atoms with E-state index in [0.717, 1.165) is 27.2 Å². The van der Waals surface area contributed by atoms with Crippen molar-refractivity contribution in [1.82, 2.24) is 4.98 Å². The molecule has 0 fully saturated rings. The first-order chi connectivity index (χ1) is 22.2. The smallest absolute Gasteiger partial charge is 0.124 e. The third kappa shape index (κ3) is 5.29. The largest absolute Gasteiger partial charge is 0.236 e. The molecule has 0 radical (unpaired) electrons. The Hall–Kier alpha value is -5.82. The van der Waals surface area contributed by atoms with Gasteiger partial charge in [0.2, 0.25) is 0 Å². The molecule has 0 aliphatic carbocycles. The van der Waals surface area contributed by atoms with Crippen LogP contribution in [0.5, 0.6) is 0 Å². The molecule has 0 atom stereocenters. The van der Waals surface area contributed by atoms with Gasteiger partial charge in [0, 0.05) is 5.56 Å². The number of benzene rings is 7. The molecule has 1 heterocycles. The summed E-state index contributed by atoms with van der Waals surface area (Å²) in [5.41, 5.74) is 12.3. The summed E-state index contributed by atoms with van der Waals surface area (Å²) in [6.45, 7) is 0. The zero-order valence-corrected chi connectivity index (χ0v) is 25.1. The van der Waals surface area contributed by atoms with E-state index in [2.05, 4.69) is 133 Å². The average molecular weight is 591 g/mol. The lowest BCUT2D eigenvalue weighted by atomic mass is 9.95. The minimum absolute atomic E-state index is 0.676. The molecule has 0 amide bonds. The van der Waals surface area contributed by atoms with Crippen LogP contribution in [0.2, 0.25) is 0 Å². The van der Waals surface area contributed by atoms with Gasteiger partial charge in [0.05, 0.1) is 21.8 Å². The minimum atomic E-state index is 0.676. The summed E-state index contributed by atoms with van der Waals surface area (Å²) in [7, 11) is 0. The van der Waals surface area contributed by atoms with Gasteiger partial charge in [-0.25, -0.2) is 4.98 Å². The number of fused-ring (bicyclic) bond motifs is 2. The van der Waals surface area contributed by atoms with E-state index < -0.39 is 0 Å². The molecular weight excluding hydrogens is 565 g/mol. The van der Waals surface area contributed by atoms with E-state index in [1.165, 1.54) is 48.9 Å². The van der Waals surface area contributed by atoms with Gasteiger partial charge in [0.25, 0.3) is 0 Å². The lowest BCUT2D eigenvalue weighted by Crippen LogP contribution is -1.84. The first kappa shape index (κ1) is 26.8. The summed E-state index contributed by atoms with van der Waals surface area (Å²) in [6, 6.07) is 57.7. The minimum Gasteiger partial charge on any atom is -0.236 e. The standard InChI is InChI=1S/C42H26N2S/c43-27-28-5-7-29(8-6-28)30-9-11-31(12-10-30)32-13-15-33(16-14-32)36-21-23-39-26-37(22-24-38(39)25-36)34-17-19-35(20-18-34)42-44-40-3-1-2-4-41(40)45-42/h1-26H. The van der Waals surface area contributed by atoms with Gasteiger partial charge >= 0.3 is 0 Å². The van der Waals surface area contributed by atoms with E-state index in [1.54, 1.807) is 11.3 Å². The van der Waals surface area contributed by atoms with Crippen molar-refractivity contribution in [1.29, 1.82) is 5.26 Å². The molecule has 45 heavy (non-hydrogen) atoms. The molecule has 0 aliphatic rings. The van der Waals surface area contributed by atoms with Gasteiger partial charge in [0.15, 0.2) is 0 Å². The molecular formula is C42H26N2S. The summed E-state index contributed by atoms with van der Waals surface area (Å²) in [5, 5.41) is 12.6. The van der Waals surface area contributed by atoms with Crippen LogP contribution >= 0.6 is 11.3 Å². The van der Waals surface area contributed by atoms with Crippen LogP contribution in [0.25, 0.3) is 76.1 Å². The Morgan fingerprint density at radius 3 is 1.29 bits per heavy atom. The third-order valence-electron chi connectivity index (χ3n) is 8.38. The molecule has 2 nitrogen and oxygen atoms in total. The summed E-state index contributed by atoms with van der Waals surface area (Å²) < 4.78 is 1.22. The van der Waals surface area contributed by atoms with E-state index in [9.17, 15) is 0 Å². The lowest BCUT2D eigenvalue weighted by molar-refractivity contribution is 1.48.